The smallest absolute Gasteiger partial charge is 0.295 e. The molecule has 4 N–H and O–H groups in total. The number of aromatic amines is 1. The number of azo groups is 1. The SMILES string of the molecule is O=C(N=Nc1c2[nH]n(Cc3ccccc3)nc-2c(=NNC(=O)c2ccc(O)cc2)c2nn(Cc3ccccc3)nc12)c1ccc(O)cc1. The van der Waals surface area contributed by atoms with Gasteiger partial charge in [-0.15, -0.1) is 10.2 Å². The van der Waals surface area contributed by atoms with Crippen molar-refractivity contribution in [2.45, 2.75) is 13.1 Å². The van der Waals surface area contributed by atoms with E-state index in [1.54, 1.807) is 4.80 Å². The van der Waals surface area contributed by atoms with E-state index < -0.39 is 11.8 Å². The van der Waals surface area contributed by atoms with Crippen LogP contribution < -0.4 is 10.8 Å². The molecule has 236 valence electrons. The van der Waals surface area contributed by atoms with Crippen LogP contribution in [0.4, 0.5) is 5.69 Å². The molecule has 0 fully saturated rings. The van der Waals surface area contributed by atoms with E-state index >= 15 is 0 Å². The average Bonchev–Trinajstić information content (AvgIpc) is 3.71. The van der Waals surface area contributed by atoms with Crippen molar-refractivity contribution in [3.63, 3.8) is 0 Å². The first-order valence-corrected chi connectivity index (χ1v) is 14.7. The van der Waals surface area contributed by atoms with Crippen molar-refractivity contribution in [2.75, 3.05) is 0 Å². The summed E-state index contributed by atoms with van der Waals surface area (Å²) < 4.78 is 0. The molecular weight excluding hydrogens is 612 g/mol. The first-order chi connectivity index (χ1) is 23.4. The zero-order chi connectivity index (χ0) is 33.0. The van der Waals surface area contributed by atoms with Gasteiger partial charge in [0.1, 0.15) is 45.0 Å². The van der Waals surface area contributed by atoms with Crippen LogP contribution in [0.1, 0.15) is 31.8 Å². The summed E-state index contributed by atoms with van der Waals surface area (Å²) >= 11 is 0. The second-order valence-electron chi connectivity index (χ2n) is 10.7. The lowest BCUT2D eigenvalue weighted by molar-refractivity contribution is 0.0951. The molecule has 48 heavy (non-hydrogen) atoms. The van der Waals surface area contributed by atoms with E-state index in [-0.39, 0.29) is 44.7 Å². The number of nitrogens with zero attached hydrogens (tertiary/aromatic N) is 8. The van der Waals surface area contributed by atoms with Crippen molar-refractivity contribution in [1.82, 2.24) is 35.4 Å². The number of benzene rings is 5. The van der Waals surface area contributed by atoms with E-state index in [1.165, 1.54) is 53.3 Å². The number of phenolic OH excluding ortho intramolecular Hbond substituents is 2. The van der Waals surface area contributed by atoms with Crippen LogP contribution >= 0.6 is 0 Å². The number of carbonyl (C=O) groups excluding carboxylic acids is 2. The molecule has 0 unspecified atom stereocenters. The summed E-state index contributed by atoms with van der Waals surface area (Å²) in [6, 6.07) is 30.7. The van der Waals surface area contributed by atoms with Crippen molar-refractivity contribution >= 4 is 28.5 Å². The second kappa shape index (κ2) is 12.8. The number of rotatable bonds is 8. The third kappa shape index (κ3) is 6.25. The summed E-state index contributed by atoms with van der Waals surface area (Å²) in [6.07, 6.45) is 0. The van der Waals surface area contributed by atoms with Crippen molar-refractivity contribution in [1.29, 1.82) is 0 Å². The van der Waals surface area contributed by atoms with Crippen molar-refractivity contribution in [3.8, 4) is 22.9 Å². The molecule has 7 rings (SSSR count). The van der Waals surface area contributed by atoms with Crippen LogP contribution in [0.5, 0.6) is 11.5 Å². The average molecular weight is 639 g/mol. The molecule has 1 aliphatic heterocycles. The second-order valence-corrected chi connectivity index (χ2v) is 10.7. The highest BCUT2D eigenvalue weighted by Crippen LogP contribution is 2.33. The Morgan fingerprint density at radius 3 is 1.94 bits per heavy atom. The Kier molecular flexibility index (Phi) is 7.93. The first-order valence-electron chi connectivity index (χ1n) is 14.7. The molecule has 4 aromatic carbocycles. The highest BCUT2D eigenvalue weighted by molar-refractivity contribution is 5.98. The van der Waals surface area contributed by atoms with Crippen molar-refractivity contribution in [3.05, 3.63) is 137 Å². The number of phenols is 2. The molecule has 1 aromatic heterocycles. The Bertz CT molecular complexity index is 2270. The number of hydrogen-bond acceptors (Lipinski definition) is 9. The van der Waals surface area contributed by atoms with Gasteiger partial charge in [-0.2, -0.15) is 25.2 Å². The fraction of sp³-hybridized carbons (Fsp3) is 0.0588. The molecule has 0 saturated heterocycles. The number of aromatic nitrogens is 6. The first kappa shape index (κ1) is 29.7. The van der Waals surface area contributed by atoms with Gasteiger partial charge in [0.25, 0.3) is 11.8 Å². The molecule has 0 bridgehead atoms. The molecule has 14 heteroatoms. The maximum atomic E-state index is 13.0. The van der Waals surface area contributed by atoms with Gasteiger partial charge in [-0.1, -0.05) is 60.7 Å². The van der Waals surface area contributed by atoms with Gasteiger partial charge in [-0.05, 0) is 59.7 Å². The number of carbonyl (C=O) groups is 2. The number of H-pyrrole nitrogens is 1. The topological polar surface area (TPSA) is 188 Å². The van der Waals surface area contributed by atoms with E-state index in [4.69, 9.17) is 15.3 Å². The number of hydrogen-bond donors (Lipinski definition) is 4. The van der Waals surface area contributed by atoms with Crippen LogP contribution in [0.25, 0.3) is 22.4 Å². The summed E-state index contributed by atoms with van der Waals surface area (Å²) in [4.78, 5) is 29.1. The summed E-state index contributed by atoms with van der Waals surface area (Å²) in [6.45, 7) is 0.671. The zero-order valence-corrected chi connectivity index (χ0v) is 25.1. The fourth-order valence-corrected chi connectivity index (χ4v) is 5.00. The van der Waals surface area contributed by atoms with Gasteiger partial charge in [-0.3, -0.25) is 14.7 Å². The predicted octanol–water partition coefficient (Wildman–Crippen LogP) is 4.74. The fourth-order valence-electron chi connectivity index (χ4n) is 5.00. The summed E-state index contributed by atoms with van der Waals surface area (Å²) in [5.74, 6) is -1.13. The number of amides is 2. The molecule has 2 aliphatic rings. The standard InChI is InChI=1S/C34H26N10O4/c45-25-15-11-23(12-16-25)33(47)37-35-27-29-30(40-43(39-29)19-21-7-3-1-4-8-21)28(36-38-34(48)24-13-17-26(46)18-14-24)32-31(27)41-44(42-32)20-22-9-5-2-6-10-22/h1-18,39,45-46H,19-20H2,(H,38,48). The van der Waals surface area contributed by atoms with E-state index in [1.807, 2.05) is 60.7 Å². The van der Waals surface area contributed by atoms with Gasteiger partial charge < -0.3 is 10.2 Å². The molecule has 14 nitrogen and oxygen atoms in total. The number of fused-ring (bicyclic) bond motifs is 2. The minimum Gasteiger partial charge on any atom is -0.508 e. The molecule has 1 aliphatic carbocycles. The molecule has 2 heterocycles. The molecule has 0 spiro atoms. The lowest BCUT2D eigenvalue weighted by Gasteiger charge is -2.03. The van der Waals surface area contributed by atoms with Gasteiger partial charge in [0, 0.05) is 11.1 Å². The van der Waals surface area contributed by atoms with Gasteiger partial charge in [0.2, 0.25) is 0 Å². The Hall–Kier alpha value is -6.96. The minimum atomic E-state index is -0.639. The third-order valence-electron chi connectivity index (χ3n) is 7.36. The summed E-state index contributed by atoms with van der Waals surface area (Å²) in [7, 11) is 0. The number of nitrogens with one attached hydrogen (secondary N) is 2. The normalized spacial score (nSPS) is 11.9. The molecule has 5 aromatic rings. The Labute approximate surface area is 271 Å². The highest BCUT2D eigenvalue weighted by atomic mass is 16.3. The monoisotopic (exact) mass is 638 g/mol. The quantitative estimate of drug-likeness (QED) is 0.137. The predicted molar refractivity (Wildman–Crippen MR) is 173 cm³/mol. The maximum absolute atomic E-state index is 13.0. The van der Waals surface area contributed by atoms with Crippen molar-refractivity contribution in [2.24, 2.45) is 15.3 Å². The maximum Gasteiger partial charge on any atom is 0.295 e. The Morgan fingerprint density at radius 2 is 1.29 bits per heavy atom. The van der Waals surface area contributed by atoms with Crippen LogP contribution in [-0.2, 0) is 13.1 Å². The lowest BCUT2D eigenvalue weighted by Crippen LogP contribution is -2.23. The Morgan fingerprint density at radius 1 is 0.708 bits per heavy atom. The summed E-state index contributed by atoms with van der Waals surface area (Å²) in [5.41, 5.74) is 6.32. The molecule has 0 saturated carbocycles. The Balaban J connectivity index is 1.40. The van der Waals surface area contributed by atoms with Crippen molar-refractivity contribution < 1.29 is 19.8 Å². The highest BCUT2D eigenvalue weighted by Gasteiger charge is 2.26. The van der Waals surface area contributed by atoms with E-state index in [0.29, 0.717) is 24.5 Å². The summed E-state index contributed by atoms with van der Waals surface area (Å²) in [5, 5.41) is 49.7. The lowest BCUT2D eigenvalue weighted by atomic mass is 10.1. The van der Waals surface area contributed by atoms with Crippen LogP contribution in [-0.4, -0.2) is 52.0 Å². The molecule has 0 atom stereocenters. The van der Waals surface area contributed by atoms with E-state index in [2.05, 4.69) is 25.9 Å². The van der Waals surface area contributed by atoms with Crippen LogP contribution in [0, 0.1) is 0 Å². The van der Waals surface area contributed by atoms with Gasteiger partial charge in [0.05, 0.1) is 13.1 Å². The largest absolute Gasteiger partial charge is 0.508 e. The zero-order valence-electron chi connectivity index (χ0n) is 25.1. The van der Waals surface area contributed by atoms with Gasteiger partial charge in [-0.25, -0.2) is 10.2 Å². The van der Waals surface area contributed by atoms with Crippen LogP contribution in [0.15, 0.2) is 125 Å². The number of aromatic hydroxyl groups is 2. The van der Waals surface area contributed by atoms with E-state index in [0.717, 1.165) is 11.1 Å². The molecule has 2 amide bonds. The molecule has 0 radical (unpaired) electrons. The van der Waals surface area contributed by atoms with Crippen LogP contribution in [0.3, 0.4) is 0 Å². The van der Waals surface area contributed by atoms with Gasteiger partial charge in [0.15, 0.2) is 0 Å². The molecular formula is C34H26N10O4. The van der Waals surface area contributed by atoms with Gasteiger partial charge >= 0.3 is 0 Å². The third-order valence-corrected chi connectivity index (χ3v) is 7.36. The minimum absolute atomic E-state index is 0.0132. The van der Waals surface area contributed by atoms with E-state index in [9.17, 15) is 19.8 Å². The van der Waals surface area contributed by atoms with Crippen LogP contribution in [0.2, 0.25) is 0 Å².